The van der Waals surface area contributed by atoms with Gasteiger partial charge in [0.15, 0.2) is 0 Å². The molecule has 0 fully saturated rings. The van der Waals surface area contributed by atoms with Gasteiger partial charge in [-0.3, -0.25) is 5.41 Å². The van der Waals surface area contributed by atoms with Gasteiger partial charge in [0, 0.05) is 4.90 Å². The predicted molar refractivity (Wildman–Crippen MR) is 65.0 cm³/mol. The Morgan fingerprint density at radius 3 is 2.80 bits per heavy atom. The molecule has 0 aliphatic rings. The highest BCUT2D eigenvalue weighted by atomic mass is 32.2. The minimum atomic E-state index is 0.0612. The van der Waals surface area contributed by atoms with Crippen molar-refractivity contribution < 1.29 is 4.74 Å². The maximum absolute atomic E-state index is 7.54. The number of nitrogens with two attached hydrogens (primary N) is 1. The molecule has 1 rings (SSSR count). The van der Waals surface area contributed by atoms with Gasteiger partial charge in [0.2, 0.25) is 0 Å². The van der Waals surface area contributed by atoms with Crippen molar-refractivity contribution >= 4 is 17.6 Å². The van der Waals surface area contributed by atoms with E-state index < -0.39 is 0 Å². The van der Waals surface area contributed by atoms with Crippen LogP contribution < -0.4 is 10.5 Å². The number of ether oxygens (including phenoxy) is 1. The van der Waals surface area contributed by atoms with E-state index in [0.717, 1.165) is 11.3 Å². The fourth-order valence-electron chi connectivity index (χ4n) is 1.28. The lowest BCUT2D eigenvalue weighted by Crippen LogP contribution is -2.14. The molecule has 0 spiro atoms. The van der Waals surface area contributed by atoms with Gasteiger partial charge in [-0.1, -0.05) is 13.0 Å². The van der Waals surface area contributed by atoms with Crippen molar-refractivity contribution in [1.82, 2.24) is 0 Å². The van der Waals surface area contributed by atoms with E-state index in [-0.39, 0.29) is 5.84 Å². The third-order valence-corrected chi connectivity index (χ3v) is 2.72. The molecule has 3 N–H and O–H groups in total. The minimum Gasteiger partial charge on any atom is -0.493 e. The Kier molecular flexibility index (Phi) is 4.49. The molecule has 4 heteroatoms. The summed E-state index contributed by atoms with van der Waals surface area (Å²) in [5.74, 6) is 0.766. The van der Waals surface area contributed by atoms with E-state index >= 15 is 0 Å². The second kappa shape index (κ2) is 5.66. The van der Waals surface area contributed by atoms with Crippen LogP contribution in [0.15, 0.2) is 23.1 Å². The van der Waals surface area contributed by atoms with Crippen LogP contribution in [0.25, 0.3) is 0 Å². The number of nitrogens with one attached hydrogen (secondary N) is 1. The molecule has 0 unspecified atom stereocenters. The van der Waals surface area contributed by atoms with Crippen LogP contribution >= 0.6 is 11.8 Å². The third-order valence-electron chi connectivity index (χ3n) is 1.94. The molecule has 0 saturated carbocycles. The van der Waals surface area contributed by atoms with Crippen molar-refractivity contribution in [2.24, 2.45) is 5.73 Å². The Morgan fingerprint density at radius 1 is 1.53 bits per heavy atom. The van der Waals surface area contributed by atoms with Gasteiger partial charge in [-0.15, -0.1) is 11.8 Å². The molecule has 0 aliphatic carbocycles. The second-order valence-electron chi connectivity index (χ2n) is 3.10. The molecule has 15 heavy (non-hydrogen) atoms. The summed E-state index contributed by atoms with van der Waals surface area (Å²) in [6, 6.07) is 5.72. The number of benzene rings is 1. The average molecular weight is 224 g/mol. The zero-order valence-electron chi connectivity index (χ0n) is 9.04. The van der Waals surface area contributed by atoms with E-state index in [1.807, 2.05) is 31.4 Å². The number of hydrogen-bond acceptors (Lipinski definition) is 3. The van der Waals surface area contributed by atoms with Gasteiger partial charge < -0.3 is 10.5 Å². The van der Waals surface area contributed by atoms with Crippen LogP contribution in [0.5, 0.6) is 5.75 Å². The van der Waals surface area contributed by atoms with Crippen LogP contribution in [0.4, 0.5) is 0 Å². The molecule has 3 nitrogen and oxygen atoms in total. The average Bonchev–Trinajstić information content (AvgIpc) is 2.25. The van der Waals surface area contributed by atoms with Crippen molar-refractivity contribution in [3.63, 3.8) is 0 Å². The number of thioether (sulfide) groups is 1. The first kappa shape index (κ1) is 11.9. The smallest absolute Gasteiger partial charge is 0.131 e. The molecule has 1 aromatic carbocycles. The maximum atomic E-state index is 7.54. The summed E-state index contributed by atoms with van der Waals surface area (Å²) in [5.41, 5.74) is 6.26. The predicted octanol–water partition coefficient (Wildman–Crippen LogP) is 2.48. The van der Waals surface area contributed by atoms with Gasteiger partial charge in [-0.2, -0.15) is 0 Å². The third kappa shape index (κ3) is 2.89. The topological polar surface area (TPSA) is 59.1 Å². The molecular weight excluding hydrogens is 208 g/mol. The van der Waals surface area contributed by atoms with Gasteiger partial charge in [-0.05, 0) is 24.8 Å². The van der Waals surface area contributed by atoms with Gasteiger partial charge in [0.05, 0.1) is 12.2 Å². The standard InChI is InChI=1S/C11H16N2OS/c1-3-7-14-8-5-4-6-9(15-2)10(8)11(12)13/h4-6H,3,7H2,1-2H3,(H3,12,13). The highest BCUT2D eigenvalue weighted by Gasteiger charge is 2.11. The second-order valence-corrected chi connectivity index (χ2v) is 3.94. The molecule has 0 aliphatic heterocycles. The normalized spacial score (nSPS) is 10.0. The first-order valence-electron chi connectivity index (χ1n) is 4.84. The Bertz CT molecular complexity index is 352. The largest absolute Gasteiger partial charge is 0.493 e. The van der Waals surface area contributed by atoms with Crippen molar-refractivity contribution in [1.29, 1.82) is 5.41 Å². The van der Waals surface area contributed by atoms with Crippen molar-refractivity contribution in [3.05, 3.63) is 23.8 Å². The Morgan fingerprint density at radius 2 is 2.27 bits per heavy atom. The number of rotatable bonds is 5. The molecule has 0 bridgehead atoms. The lowest BCUT2D eigenvalue weighted by Gasteiger charge is -2.12. The van der Waals surface area contributed by atoms with E-state index in [1.54, 1.807) is 11.8 Å². The van der Waals surface area contributed by atoms with E-state index in [1.165, 1.54) is 0 Å². The fraction of sp³-hybridized carbons (Fsp3) is 0.364. The molecule has 1 aromatic rings. The van der Waals surface area contributed by atoms with Crippen molar-refractivity contribution in [3.8, 4) is 5.75 Å². The van der Waals surface area contributed by atoms with Crippen molar-refractivity contribution in [2.75, 3.05) is 12.9 Å². The first-order valence-corrected chi connectivity index (χ1v) is 6.07. The van der Waals surface area contributed by atoms with Gasteiger partial charge in [-0.25, -0.2) is 0 Å². The molecule has 0 radical (unpaired) electrons. The van der Waals surface area contributed by atoms with Crippen LogP contribution in [-0.2, 0) is 0 Å². The number of amidine groups is 1. The Balaban J connectivity index is 3.07. The molecule has 82 valence electrons. The van der Waals surface area contributed by atoms with Gasteiger partial charge in [0.1, 0.15) is 11.6 Å². The summed E-state index contributed by atoms with van der Waals surface area (Å²) >= 11 is 1.57. The molecule has 0 amide bonds. The zero-order chi connectivity index (χ0) is 11.3. The van der Waals surface area contributed by atoms with Crippen molar-refractivity contribution in [2.45, 2.75) is 18.2 Å². The summed E-state index contributed by atoms with van der Waals surface area (Å²) in [4.78, 5) is 0.983. The summed E-state index contributed by atoms with van der Waals surface area (Å²) in [6.07, 6.45) is 2.91. The lowest BCUT2D eigenvalue weighted by atomic mass is 10.2. The number of hydrogen-bond donors (Lipinski definition) is 2. The molecule has 0 atom stereocenters. The Labute approximate surface area is 94.5 Å². The van der Waals surface area contributed by atoms with E-state index in [2.05, 4.69) is 0 Å². The molecular formula is C11H16N2OS. The van der Waals surface area contributed by atoms with Crippen LogP contribution in [0, 0.1) is 5.41 Å². The summed E-state index contributed by atoms with van der Waals surface area (Å²) in [7, 11) is 0. The highest BCUT2D eigenvalue weighted by Crippen LogP contribution is 2.28. The van der Waals surface area contributed by atoms with E-state index in [4.69, 9.17) is 15.9 Å². The molecule has 0 heterocycles. The molecule has 0 saturated heterocycles. The van der Waals surface area contributed by atoms with Gasteiger partial charge in [0.25, 0.3) is 0 Å². The fourth-order valence-corrected chi connectivity index (χ4v) is 1.91. The monoisotopic (exact) mass is 224 g/mol. The summed E-state index contributed by atoms with van der Waals surface area (Å²) in [5, 5.41) is 7.54. The van der Waals surface area contributed by atoms with E-state index in [9.17, 15) is 0 Å². The van der Waals surface area contributed by atoms with Crippen LogP contribution in [0.3, 0.4) is 0 Å². The first-order chi connectivity index (χ1) is 7.20. The SMILES string of the molecule is CCCOc1cccc(SC)c1C(=N)N. The quantitative estimate of drug-likeness (QED) is 0.459. The maximum Gasteiger partial charge on any atom is 0.131 e. The van der Waals surface area contributed by atoms with E-state index in [0.29, 0.717) is 17.9 Å². The summed E-state index contributed by atoms with van der Waals surface area (Å²) in [6.45, 7) is 2.70. The molecule has 0 aromatic heterocycles. The number of nitrogen functional groups attached to an aromatic ring is 1. The van der Waals surface area contributed by atoms with Gasteiger partial charge >= 0.3 is 0 Å². The van der Waals surface area contributed by atoms with Crippen LogP contribution in [0.1, 0.15) is 18.9 Å². The minimum absolute atomic E-state index is 0.0612. The zero-order valence-corrected chi connectivity index (χ0v) is 9.86. The summed E-state index contributed by atoms with van der Waals surface area (Å²) < 4.78 is 5.56. The lowest BCUT2D eigenvalue weighted by molar-refractivity contribution is 0.316. The van der Waals surface area contributed by atoms with Crippen LogP contribution in [0.2, 0.25) is 0 Å². The Hall–Kier alpha value is -1.16. The van der Waals surface area contributed by atoms with Crippen LogP contribution in [-0.4, -0.2) is 18.7 Å². The highest BCUT2D eigenvalue weighted by molar-refractivity contribution is 7.98.